The Morgan fingerprint density at radius 1 is 1.15 bits per heavy atom. The molecule has 0 saturated heterocycles. The van der Waals surface area contributed by atoms with Gasteiger partial charge in [-0.05, 0) is 17.2 Å². The molecule has 0 atom stereocenters. The quantitative estimate of drug-likeness (QED) is 0.569. The van der Waals surface area contributed by atoms with E-state index in [2.05, 4.69) is 49.2 Å². The summed E-state index contributed by atoms with van der Waals surface area (Å²) in [7, 11) is 0. The molecule has 0 fully saturated rings. The lowest BCUT2D eigenvalue weighted by atomic mass is 9.83. The molecular weight excluding hydrogens is 158 g/mol. The maximum Gasteiger partial charge on any atom is 0.0270 e. The Hall–Kier alpha value is -1.37. The Morgan fingerprint density at radius 3 is 2.77 bits per heavy atom. The van der Waals surface area contributed by atoms with Crippen LogP contribution in [-0.2, 0) is 5.41 Å². The molecule has 1 aliphatic rings. The monoisotopic (exact) mass is 171 g/mol. The van der Waals surface area contributed by atoms with Gasteiger partial charge in [0.2, 0.25) is 0 Å². The third kappa shape index (κ3) is 1.42. The van der Waals surface area contributed by atoms with Crippen molar-refractivity contribution in [3.05, 3.63) is 41.6 Å². The topological polar surface area (TPSA) is 12.4 Å². The molecule has 13 heavy (non-hydrogen) atoms. The largest absolute Gasteiger partial charge is 0.268 e. The van der Waals surface area contributed by atoms with Crippen molar-refractivity contribution >= 4 is 12.3 Å². The molecule has 2 rings (SSSR count). The third-order valence-corrected chi connectivity index (χ3v) is 2.39. The molecule has 1 aromatic rings. The molecular formula is C12H13N. The van der Waals surface area contributed by atoms with Crippen molar-refractivity contribution in [2.45, 2.75) is 19.3 Å². The van der Waals surface area contributed by atoms with E-state index in [4.69, 9.17) is 0 Å². The fraction of sp³-hybridized carbons (Fsp3) is 0.250. The number of rotatable bonds is 0. The molecule has 66 valence electrons. The zero-order chi connectivity index (χ0) is 9.31. The van der Waals surface area contributed by atoms with Crippen LogP contribution >= 0.6 is 0 Å². The zero-order valence-corrected chi connectivity index (χ0v) is 7.99. The van der Waals surface area contributed by atoms with Gasteiger partial charge in [0.05, 0.1) is 0 Å². The molecule has 1 nitrogen and oxygen atoms in total. The Labute approximate surface area is 78.8 Å². The van der Waals surface area contributed by atoms with E-state index in [-0.39, 0.29) is 5.41 Å². The van der Waals surface area contributed by atoms with E-state index in [1.54, 1.807) is 0 Å². The molecule has 0 aliphatic carbocycles. The Morgan fingerprint density at radius 2 is 1.92 bits per heavy atom. The normalized spacial score (nSPS) is 18.0. The van der Waals surface area contributed by atoms with Crippen molar-refractivity contribution in [1.82, 2.24) is 0 Å². The molecule has 0 amide bonds. The van der Waals surface area contributed by atoms with Gasteiger partial charge in [-0.3, -0.25) is 4.99 Å². The first-order valence-electron chi connectivity index (χ1n) is 4.50. The minimum Gasteiger partial charge on any atom is -0.268 e. The molecule has 1 heterocycles. The number of hydrogen-bond donors (Lipinski definition) is 0. The molecule has 1 aromatic carbocycles. The van der Waals surface area contributed by atoms with Gasteiger partial charge in [-0.15, -0.1) is 0 Å². The van der Waals surface area contributed by atoms with Gasteiger partial charge in [-0.2, -0.15) is 0 Å². The van der Waals surface area contributed by atoms with Crippen LogP contribution in [0.2, 0.25) is 0 Å². The number of aliphatic imine (C=N–C) groups is 1. The van der Waals surface area contributed by atoms with Gasteiger partial charge in [0.15, 0.2) is 0 Å². The fourth-order valence-corrected chi connectivity index (χ4v) is 1.65. The van der Waals surface area contributed by atoms with Crippen molar-refractivity contribution in [1.29, 1.82) is 0 Å². The molecule has 0 spiro atoms. The van der Waals surface area contributed by atoms with E-state index in [1.165, 1.54) is 11.1 Å². The Balaban J connectivity index is 2.64. The Bertz CT molecular complexity index is 372. The maximum absolute atomic E-state index is 4.23. The van der Waals surface area contributed by atoms with E-state index in [0.717, 1.165) is 0 Å². The molecule has 0 N–H and O–H groups in total. The standard InChI is InChI=1S/C12H13N/c1-12(2)9-13-8-7-10-5-3-4-6-11(10)12/h3-9H,1-2H3. The van der Waals surface area contributed by atoms with E-state index in [1.807, 2.05) is 12.4 Å². The van der Waals surface area contributed by atoms with Crippen LogP contribution in [-0.4, -0.2) is 6.21 Å². The van der Waals surface area contributed by atoms with Crippen LogP contribution in [0.15, 0.2) is 35.5 Å². The van der Waals surface area contributed by atoms with Gasteiger partial charge in [-0.1, -0.05) is 38.1 Å². The second-order valence-corrected chi connectivity index (χ2v) is 3.90. The van der Waals surface area contributed by atoms with Crippen LogP contribution < -0.4 is 0 Å². The number of fused-ring (bicyclic) bond motifs is 1. The average Bonchev–Trinajstić information content (AvgIpc) is 2.26. The first-order valence-corrected chi connectivity index (χ1v) is 4.50. The zero-order valence-electron chi connectivity index (χ0n) is 7.99. The molecule has 0 saturated carbocycles. The average molecular weight is 171 g/mol. The van der Waals surface area contributed by atoms with Crippen LogP contribution in [0.3, 0.4) is 0 Å². The minimum atomic E-state index is 0.0418. The van der Waals surface area contributed by atoms with Gasteiger partial charge in [-0.25, -0.2) is 0 Å². The van der Waals surface area contributed by atoms with Gasteiger partial charge in [0.25, 0.3) is 0 Å². The maximum atomic E-state index is 4.23. The molecule has 0 bridgehead atoms. The van der Waals surface area contributed by atoms with Gasteiger partial charge in [0, 0.05) is 17.8 Å². The Kier molecular flexibility index (Phi) is 1.80. The van der Waals surface area contributed by atoms with Crippen molar-refractivity contribution in [2.24, 2.45) is 4.99 Å². The second-order valence-electron chi connectivity index (χ2n) is 3.90. The van der Waals surface area contributed by atoms with E-state index in [9.17, 15) is 0 Å². The lowest BCUT2D eigenvalue weighted by Crippen LogP contribution is -2.19. The van der Waals surface area contributed by atoms with Gasteiger partial charge < -0.3 is 0 Å². The summed E-state index contributed by atoms with van der Waals surface area (Å²) in [6.07, 6.45) is 5.91. The van der Waals surface area contributed by atoms with E-state index < -0.39 is 0 Å². The summed E-state index contributed by atoms with van der Waals surface area (Å²) in [5.41, 5.74) is 2.65. The van der Waals surface area contributed by atoms with E-state index in [0.29, 0.717) is 0 Å². The van der Waals surface area contributed by atoms with Gasteiger partial charge >= 0.3 is 0 Å². The van der Waals surface area contributed by atoms with Crippen LogP contribution in [0.1, 0.15) is 25.0 Å². The number of hydrogen-bond acceptors (Lipinski definition) is 1. The summed E-state index contributed by atoms with van der Waals surface area (Å²) < 4.78 is 0. The van der Waals surface area contributed by atoms with Crippen LogP contribution in [0.25, 0.3) is 6.08 Å². The summed E-state index contributed by atoms with van der Waals surface area (Å²) in [5, 5.41) is 0. The van der Waals surface area contributed by atoms with Crippen molar-refractivity contribution < 1.29 is 0 Å². The lowest BCUT2D eigenvalue weighted by Gasteiger charge is -2.20. The highest BCUT2D eigenvalue weighted by Gasteiger charge is 2.20. The van der Waals surface area contributed by atoms with Crippen LogP contribution in [0.4, 0.5) is 0 Å². The first kappa shape index (κ1) is 8.24. The molecule has 0 aromatic heterocycles. The summed E-state index contributed by atoms with van der Waals surface area (Å²) in [6, 6.07) is 8.43. The summed E-state index contributed by atoms with van der Waals surface area (Å²) in [6.45, 7) is 4.37. The summed E-state index contributed by atoms with van der Waals surface area (Å²) >= 11 is 0. The van der Waals surface area contributed by atoms with Gasteiger partial charge in [0.1, 0.15) is 0 Å². The second kappa shape index (κ2) is 2.84. The van der Waals surface area contributed by atoms with Crippen molar-refractivity contribution in [3.8, 4) is 0 Å². The number of benzene rings is 1. The van der Waals surface area contributed by atoms with E-state index >= 15 is 0 Å². The highest BCUT2D eigenvalue weighted by atomic mass is 14.7. The van der Waals surface area contributed by atoms with Crippen LogP contribution in [0, 0.1) is 0 Å². The number of nitrogens with zero attached hydrogens (tertiary/aromatic N) is 1. The molecule has 1 heteroatoms. The predicted octanol–water partition coefficient (Wildman–Crippen LogP) is 3.02. The molecule has 0 unspecified atom stereocenters. The van der Waals surface area contributed by atoms with Crippen molar-refractivity contribution in [3.63, 3.8) is 0 Å². The first-order chi connectivity index (χ1) is 6.20. The predicted molar refractivity (Wildman–Crippen MR) is 57.0 cm³/mol. The smallest absolute Gasteiger partial charge is 0.0270 e. The molecule has 0 radical (unpaired) electrons. The fourth-order valence-electron chi connectivity index (χ4n) is 1.65. The SMILES string of the molecule is CC1(C)C=NC=Cc2ccccc21. The summed E-state index contributed by atoms with van der Waals surface area (Å²) in [5.74, 6) is 0. The van der Waals surface area contributed by atoms with Crippen LogP contribution in [0.5, 0.6) is 0 Å². The highest BCUT2D eigenvalue weighted by molar-refractivity contribution is 5.78. The summed E-state index contributed by atoms with van der Waals surface area (Å²) in [4.78, 5) is 4.23. The molecule has 1 aliphatic heterocycles. The lowest BCUT2D eigenvalue weighted by molar-refractivity contribution is 0.735. The minimum absolute atomic E-state index is 0.0418. The highest BCUT2D eigenvalue weighted by Crippen LogP contribution is 2.27. The van der Waals surface area contributed by atoms with Crippen molar-refractivity contribution in [2.75, 3.05) is 0 Å². The third-order valence-electron chi connectivity index (χ3n) is 2.39.